The summed E-state index contributed by atoms with van der Waals surface area (Å²) in [7, 11) is 0. The van der Waals surface area contributed by atoms with Crippen LogP contribution >= 0.6 is 0 Å². The number of aryl methyl sites for hydroxylation is 1. The number of nitrogens with zero attached hydrogens (tertiary/aromatic N) is 2. The number of aromatic nitrogens is 1. The van der Waals surface area contributed by atoms with E-state index in [9.17, 15) is 0 Å². The summed E-state index contributed by atoms with van der Waals surface area (Å²) >= 11 is 0. The van der Waals surface area contributed by atoms with Gasteiger partial charge in [-0.2, -0.15) is 0 Å². The van der Waals surface area contributed by atoms with Gasteiger partial charge >= 0.3 is 0 Å². The molecule has 0 spiro atoms. The molecule has 0 aliphatic heterocycles. The first kappa shape index (κ1) is 16.4. The van der Waals surface area contributed by atoms with Gasteiger partial charge in [0.25, 0.3) is 0 Å². The first-order chi connectivity index (χ1) is 9.37. The van der Waals surface area contributed by atoms with E-state index >= 15 is 0 Å². The third-order valence-corrected chi connectivity index (χ3v) is 3.01. The van der Waals surface area contributed by atoms with Gasteiger partial charge in [0.1, 0.15) is 5.82 Å². The Hall–Kier alpha value is -1.61. The minimum atomic E-state index is 0.114. The van der Waals surface area contributed by atoms with E-state index in [0.29, 0.717) is 0 Å². The fourth-order valence-electron chi connectivity index (χ4n) is 1.87. The average molecular weight is 273 g/mol. The molecule has 0 aromatic carbocycles. The monoisotopic (exact) mass is 273 g/mol. The Labute approximate surface area is 123 Å². The highest BCUT2D eigenvalue weighted by molar-refractivity contribution is 5.43. The van der Waals surface area contributed by atoms with Crippen molar-refractivity contribution in [3.8, 4) is 0 Å². The molecule has 0 aliphatic carbocycles. The summed E-state index contributed by atoms with van der Waals surface area (Å²) in [5, 5.41) is 3.49. The van der Waals surface area contributed by atoms with E-state index in [1.54, 1.807) is 0 Å². The van der Waals surface area contributed by atoms with Crippen LogP contribution in [0.15, 0.2) is 37.4 Å². The van der Waals surface area contributed by atoms with Crippen LogP contribution in [-0.2, 0) is 6.54 Å². The zero-order chi connectivity index (χ0) is 15.2. The SMILES string of the molecule is C=CCN(CC=C)c1ccc(CNC(C)(C)C)c(C)n1. The Kier molecular flexibility index (Phi) is 5.96. The summed E-state index contributed by atoms with van der Waals surface area (Å²) in [4.78, 5) is 6.85. The predicted molar refractivity (Wildman–Crippen MR) is 88.2 cm³/mol. The largest absolute Gasteiger partial charge is 0.349 e. The molecule has 0 unspecified atom stereocenters. The molecule has 0 fully saturated rings. The normalized spacial score (nSPS) is 11.2. The molecular formula is C17H27N3. The summed E-state index contributed by atoms with van der Waals surface area (Å²) in [6.45, 7) is 18.5. The van der Waals surface area contributed by atoms with Crippen molar-refractivity contribution in [1.82, 2.24) is 10.3 Å². The van der Waals surface area contributed by atoms with Gasteiger partial charge in [0.2, 0.25) is 0 Å². The molecule has 1 rings (SSSR count). The topological polar surface area (TPSA) is 28.2 Å². The van der Waals surface area contributed by atoms with Crippen molar-refractivity contribution in [2.24, 2.45) is 0 Å². The van der Waals surface area contributed by atoms with Crippen molar-refractivity contribution in [2.45, 2.75) is 39.8 Å². The van der Waals surface area contributed by atoms with Crippen molar-refractivity contribution in [3.63, 3.8) is 0 Å². The quantitative estimate of drug-likeness (QED) is 0.771. The maximum absolute atomic E-state index is 4.70. The molecule has 0 bridgehead atoms. The van der Waals surface area contributed by atoms with Crippen LogP contribution in [0, 0.1) is 6.92 Å². The third-order valence-electron chi connectivity index (χ3n) is 3.01. The van der Waals surface area contributed by atoms with Gasteiger partial charge in [0.15, 0.2) is 0 Å². The van der Waals surface area contributed by atoms with E-state index in [2.05, 4.69) is 63.2 Å². The molecule has 0 saturated carbocycles. The molecule has 1 aromatic heterocycles. The first-order valence-electron chi connectivity index (χ1n) is 7.05. The van der Waals surface area contributed by atoms with Crippen LogP contribution in [0.5, 0.6) is 0 Å². The fraction of sp³-hybridized carbons (Fsp3) is 0.471. The van der Waals surface area contributed by atoms with Crippen LogP contribution in [-0.4, -0.2) is 23.6 Å². The molecular weight excluding hydrogens is 246 g/mol. The Morgan fingerprint density at radius 1 is 1.20 bits per heavy atom. The van der Waals surface area contributed by atoms with Crippen molar-refractivity contribution >= 4 is 5.82 Å². The highest BCUT2D eigenvalue weighted by atomic mass is 15.2. The summed E-state index contributed by atoms with van der Waals surface area (Å²) in [5.74, 6) is 0.974. The molecule has 3 nitrogen and oxygen atoms in total. The van der Waals surface area contributed by atoms with E-state index < -0.39 is 0 Å². The van der Waals surface area contributed by atoms with Crippen molar-refractivity contribution < 1.29 is 0 Å². The molecule has 20 heavy (non-hydrogen) atoms. The lowest BCUT2D eigenvalue weighted by Gasteiger charge is -2.23. The zero-order valence-corrected chi connectivity index (χ0v) is 13.2. The minimum absolute atomic E-state index is 0.114. The maximum atomic E-state index is 4.70. The predicted octanol–water partition coefficient (Wildman–Crippen LogP) is 3.46. The molecule has 0 saturated heterocycles. The van der Waals surface area contributed by atoms with Crippen LogP contribution in [0.3, 0.4) is 0 Å². The van der Waals surface area contributed by atoms with Crippen LogP contribution in [0.1, 0.15) is 32.0 Å². The highest BCUT2D eigenvalue weighted by Gasteiger charge is 2.11. The standard InChI is InChI=1S/C17H27N3/c1-7-11-20(12-8-2)16-10-9-15(14(3)19-16)13-18-17(4,5)6/h7-10,18H,1-2,11-13H2,3-6H3. The molecule has 3 heteroatoms. The van der Waals surface area contributed by atoms with Crippen LogP contribution in [0.4, 0.5) is 5.82 Å². The fourth-order valence-corrected chi connectivity index (χ4v) is 1.87. The van der Waals surface area contributed by atoms with Crippen LogP contribution < -0.4 is 10.2 Å². The first-order valence-corrected chi connectivity index (χ1v) is 7.05. The van der Waals surface area contributed by atoms with Gasteiger partial charge in [0.05, 0.1) is 0 Å². The summed E-state index contributed by atoms with van der Waals surface area (Å²) in [5.41, 5.74) is 2.42. The Balaban J connectivity index is 2.85. The van der Waals surface area contributed by atoms with E-state index in [0.717, 1.165) is 31.1 Å². The Morgan fingerprint density at radius 2 is 1.80 bits per heavy atom. The molecule has 1 N–H and O–H groups in total. The minimum Gasteiger partial charge on any atom is -0.349 e. The Bertz CT molecular complexity index is 448. The van der Waals surface area contributed by atoms with Crippen molar-refractivity contribution in [3.05, 3.63) is 48.7 Å². The van der Waals surface area contributed by atoms with E-state index in [1.807, 2.05) is 12.2 Å². The lowest BCUT2D eigenvalue weighted by molar-refractivity contribution is 0.423. The number of nitrogens with one attached hydrogen (secondary N) is 1. The van der Waals surface area contributed by atoms with Crippen molar-refractivity contribution in [2.75, 3.05) is 18.0 Å². The van der Waals surface area contributed by atoms with Gasteiger partial charge in [0, 0.05) is 30.9 Å². The second-order valence-corrected chi connectivity index (χ2v) is 6.00. The Morgan fingerprint density at radius 3 is 2.25 bits per heavy atom. The van der Waals surface area contributed by atoms with Crippen molar-refractivity contribution in [1.29, 1.82) is 0 Å². The molecule has 110 valence electrons. The van der Waals surface area contributed by atoms with E-state index in [1.165, 1.54) is 5.56 Å². The van der Waals surface area contributed by atoms with Gasteiger partial charge in [-0.1, -0.05) is 18.2 Å². The molecule has 0 amide bonds. The second kappa shape index (κ2) is 7.25. The van der Waals surface area contributed by atoms with E-state index in [-0.39, 0.29) is 5.54 Å². The molecule has 1 aromatic rings. The average Bonchev–Trinajstić information content (AvgIpc) is 2.36. The summed E-state index contributed by atoms with van der Waals surface area (Å²) in [6.07, 6.45) is 3.77. The lowest BCUT2D eigenvalue weighted by atomic mass is 10.1. The molecule has 0 atom stereocenters. The van der Waals surface area contributed by atoms with Crippen LogP contribution in [0.25, 0.3) is 0 Å². The van der Waals surface area contributed by atoms with Crippen LogP contribution in [0.2, 0.25) is 0 Å². The molecule has 1 heterocycles. The van der Waals surface area contributed by atoms with Gasteiger partial charge in [-0.15, -0.1) is 13.2 Å². The maximum Gasteiger partial charge on any atom is 0.129 e. The molecule has 0 radical (unpaired) electrons. The summed E-state index contributed by atoms with van der Waals surface area (Å²) < 4.78 is 0. The van der Waals surface area contributed by atoms with Gasteiger partial charge < -0.3 is 10.2 Å². The number of hydrogen-bond donors (Lipinski definition) is 1. The lowest BCUT2D eigenvalue weighted by Crippen LogP contribution is -2.35. The third kappa shape index (κ3) is 5.17. The number of pyridine rings is 1. The number of hydrogen-bond acceptors (Lipinski definition) is 3. The zero-order valence-electron chi connectivity index (χ0n) is 13.2. The summed E-state index contributed by atoms with van der Waals surface area (Å²) in [6, 6.07) is 4.22. The second-order valence-electron chi connectivity index (χ2n) is 6.00. The number of rotatable bonds is 7. The number of anilines is 1. The highest BCUT2D eigenvalue weighted by Crippen LogP contribution is 2.15. The molecule has 0 aliphatic rings. The smallest absolute Gasteiger partial charge is 0.129 e. The van der Waals surface area contributed by atoms with Gasteiger partial charge in [-0.3, -0.25) is 0 Å². The van der Waals surface area contributed by atoms with E-state index in [4.69, 9.17) is 4.98 Å². The van der Waals surface area contributed by atoms with Gasteiger partial charge in [-0.05, 0) is 39.3 Å². The van der Waals surface area contributed by atoms with Gasteiger partial charge in [-0.25, -0.2) is 4.98 Å².